The number of rotatable bonds is 7. The summed E-state index contributed by atoms with van der Waals surface area (Å²) in [7, 11) is 3.45. The van der Waals surface area contributed by atoms with Gasteiger partial charge in [0.1, 0.15) is 11.5 Å². The molecule has 6 heteroatoms. The van der Waals surface area contributed by atoms with Crippen LogP contribution in [0.4, 0.5) is 4.79 Å². The molecule has 27 heavy (non-hydrogen) atoms. The van der Waals surface area contributed by atoms with Crippen molar-refractivity contribution in [3.8, 4) is 5.75 Å². The fraction of sp³-hybridized carbons (Fsp3) is 0.476. The number of methoxy groups -OCH3 is 1. The second-order valence-electron chi connectivity index (χ2n) is 7.02. The Morgan fingerprint density at radius 3 is 2.78 bits per heavy atom. The number of amides is 2. The van der Waals surface area contributed by atoms with Gasteiger partial charge in [-0.25, -0.2) is 4.79 Å². The number of hydrogen-bond donors (Lipinski definition) is 1. The summed E-state index contributed by atoms with van der Waals surface area (Å²) in [5.74, 6) is 1.71. The summed E-state index contributed by atoms with van der Waals surface area (Å²) in [6, 6.07) is 11.7. The van der Waals surface area contributed by atoms with Gasteiger partial charge in [-0.15, -0.1) is 0 Å². The van der Waals surface area contributed by atoms with E-state index in [9.17, 15) is 4.79 Å². The lowest BCUT2D eigenvalue weighted by Crippen LogP contribution is -2.44. The Labute approximate surface area is 161 Å². The second kappa shape index (κ2) is 9.46. The number of hydrogen-bond acceptors (Lipinski definition) is 4. The van der Waals surface area contributed by atoms with E-state index < -0.39 is 0 Å². The minimum Gasteiger partial charge on any atom is -0.497 e. The van der Waals surface area contributed by atoms with Gasteiger partial charge in [-0.2, -0.15) is 0 Å². The SMILES string of the molecule is COc1cccc(CN(C)C(=O)NCC(c2ccco2)N2CCCCC2)c1. The van der Waals surface area contributed by atoms with E-state index in [0.29, 0.717) is 13.1 Å². The smallest absolute Gasteiger partial charge is 0.317 e. The van der Waals surface area contributed by atoms with Gasteiger partial charge in [-0.3, -0.25) is 4.90 Å². The Morgan fingerprint density at radius 1 is 1.26 bits per heavy atom. The van der Waals surface area contributed by atoms with E-state index in [-0.39, 0.29) is 12.1 Å². The summed E-state index contributed by atoms with van der Waals surface area (Å²) in [4.78, 5) is 16.7. The molecule has 6 nitrogen and oxygen atoms in total. The van der Waals surface area contributed by atoms with Crippen molar-refractivity contribution < 1.29 is 13.9 Å². The van der Waals surface area contributed by atoms with Gasteiger partial charge in [0, 0.05) is 20.1 Å². The van der Waals surface area contributed by atoms with E-state index in [1.807, 2.05) is 36.4 Å². The van der Waals surface area contributed by atoms with Crippen LogP contribution in [-0.2, 0) is 6.54 Å². The van der Waals surface area contributed by atoms with Crippen molar-refractivity contribution in [2.75, 3.05) is 33.8 Å². The highest BCUT2D eigenvalue weighted by molar-refractivity contribution is 5.73. The summed E-state index contributed by atoms with van der Waals surface area (Å²) >= 11 is 0. The van der Waals surface area contributed by atoms with Crippen LogP contribution in [0.5, 0.6) is 5.75 Å². The standard InChI is InChI=1S/C21H29N3O3/c1-23(16-17-8-6-9-18(14-17)26-2)21(25)22-15-19(20-10-7-13-27-20)24-11-4-3-5-12-24/h6-10,13-14,19H,3-5,11-12,15-16H2,1-2H3,(H,22,25). The van der Waals surface area contributed by atoms with Gasteiger partial charge in [0.2, 0.25) is 0 Å². The molecule has 1 saturated heterocycles. The number of likely N-dealkylation sites (tertiary alicyclic amines) is 1. The second-order valence-corrected chi connectivity index (χ2v) is 7.02. The first-order valence-corrected chi connectivity index (χ1v) is 9.56. The van der Waals surface area contributed by atoms with Crippen molar-refractivity contribution in [3.63, 3.8) is 0 Å². The molecule has 0 radical (unpaired) electrons. The zero-order valence-corrected chi connectivity index (χ0v) is 16.2. The van der Waals surface area contributed by atoms with Crippen LogP contribution in [0.1, 0.15) is 36.6 Å². The van der Waals surface area contributed by atoms with Gasteiger partial charge in [-0.05, 0) is 55.8 Å². The van der Waals surface area contributed by atoms with Gasteiger partial charge in [0.05, 0.1) is 19.4 Å². The molecule has 1 aromatic carbocycles. The van der Waals surface area contributed by atoms with Gasteiger partial charge >= 0.3 is 6.03 Å². The molecule has 1 aliphatic rings. The maximum Gasteiger partial charge on any atom is 0.317 e. The molecule has 0 aliphatic carbocycles. The lowest BCUT2D eigenvalue weighted by Gasteiger charge is -2.33. The summed E-state index contributed by atoms with van der Waals surface area (Å²) in [6.07, 6.45) is 5.36. The average molecular weight is 371 g/mol. The van der Waals surface area contributed by atoms with E-state index in [0.717, 1.165) is 30.2 Å². The number of piperidine rings is 1. The van der Waals surface area contributed by atoms with E-state index >= 15 is 0 Å². The molecule has 2 amide bonds. The lowest BCUT2D eigenvalue weighted by atomic mass is 10.1. The zero-order valence-electron chi connectivity index (χ0n) is 16.2. The fourth-order valence-electron chi connectivity index (χ4n) is 3.56. The van der Waals surface area contributed by atoms with Crippen LogP contribution in [0, 0.1) is 0 Å². The lowest BCUT2D eigenvalue weighted by molar-refractivity contribution is 0.140. The molecule has 3 rings (SSSR count). The number of furan rings is 1. The molecule has 0 spiro atoms. The number of nitrogens with zero attached hydrogens (tertiary/aromatic N) is 2. The quantitative estimate of drug-likeness (QED) is 0.807. The molecule has 2 aromatic rings. The fourth-order valence-corrected chi connectivity index (χ4v) is 3.56. The largest absolute Gasteiger partial charge is 0.497 e. The predicted octanol–water partition coefficient (Wildman–Crippen LogP) is 3.66. The number of nitrogens with one attached hydrogen (secondary N) is 1. The van der Waals surface area contributed by atoms with Gasteiger partial charge < -0.3 is 19.4 Å². The summed E-state index contributed by atoms with van der Waals surface area (Å²) in [6.45, 7) is 3.15. The van der Waals surface area contributed by atoms with Gasteiger partial charge in [0.15, 0.2) is 0 Å². The molecule has 0 bridgehead atoms. The molecule has 2 heterocycles. The van der Waals surface area contributed by atoms with Crippen molar-refractivity contribution >= 4 is 6.03 Å². The monoisotopic (exact) mass is 371 g/mol. The predicted molar refractivity (Wildman–Crippen MR) is 105 cm³/mol. The van der Waals surface area contributed by atoms with Crippen LogP contribution >= 0.6 is 0 Å². The van der Waals surface area contributed by atoms with Crippen LogP contribution < -0.4 is 10.1 Å². The first-order valence-electron chi connectivity index (χ1n) is 9.56. The number of carbonyl (C=O) groups is 1. The Balaban J connectivity index is 1.58. The summed E-state index contributed by atoms with van der Waals surface area (Å²) in [5, 5.41) is 3.07. The Morgan fingerprint density at radius 2 is 2.07 bits per heavy atom. The number of urea groups is 1. The van der Waals surface area contributed by atoms with Crippen molar-refractivity contribution in [3.05, 3.63) is 54.0 Å². The van der Waals surface area contributed by atoms with E-state index in [1.165, 1.54) is 19.3 Å². The molecule has 1 aromatic heterocycles. The molecule has 1 aliphatic heterocycles. The van der Waals surface area contributed by atoms with Crippen LogP contribution in [0.25, 0.3) is 0 Å². The third-order valence-corrected chi connectivity index (χ3v) is 5.05. The Kier molecular flexibility index (Phi) is 6.76. The Hall–Kier alpha value is -2.47. The topological polar surface area (TPSA) is 58.0 Å². The third kappa shape index (κ3) is 5.26. The molecule has 1 N–H and O–H groups in total. The highest BCUT2D eigenvalue weighted by atomic mass is 16.5. The molecule has 1 fully saturated rings. The van der Waals surface area contributed by atoms with Crippen LogP contribution in [0.3, 0.4) is 0 Å². The molecular weight excluding hydrogens is 342 g/mol. The van der Waals surface area contributed by atoms with E-state index in [1.54, 1.807) is 25.3 Å². The molecular formula is C21H29N3O3. The number of benzene rings is 1. The highest BCUT2D eigenvalue weighted by Crippen LogP contribution is 2.24. The summed E-state index contributed by atoms with van der Waals surface area (Å²) in [5.41, 5.74) is 1.03. The van der Waals surface area contributed by atoms with E-state index in [2.05, 4.69) is 10.2 Å². The van der Waals surface area contributed by atoms with Crippen molar-refractivity contribution in [2.45, 2.75) is 31.8 Å². The average Bonchev–Trinajstić information content (AvgIpc) is 3.23. The molecule has 1 atom stereocenters. The zero-order chi connectivity index (χ0) is 19.1. The minimum absolute atomic E-state index is 0.0782. The minimum atomic E-state index is -0.0913. The van der Waals surface area contributed by atoms with Crippen molar-refractivity contribution in [1.29, 1.82) is 0 Å². The molecule has 146 valence electrons. The highest BCUT2D eigenvalue weighted by Gasteiger charge is 2.25. The normalized spacial score (nSPS) is 15.9. The first-order chi connectivity index (χ1) is 13.2. The number of carbonyl (C=O) groups excluding carboxylic acids is 1. The molecule has 1 unspecified atom stereocenters. The van der Waals surface area contributed by atoms with Gasteiger partial charge in [0.25, 0.3) is 0 Å². The van der Waals surface area contributed by atoms with Crippen LogP contribution in [0.2, 0.25) is 0 Å². The maximum absolute atomic E-state index is 12.6. The molecule has 0 saturated carbocycles. The summed E-state index contributed by atoms with van der Waals surface area (Å²) < 4.78 is 10.9. The first kappa shape index (κ1) is 19.3. The van der Waals surface area contributed by atoms with Crippen LogP contribution in [-0.4, -0.2) is 49.6 Å². The number of ether oxygens (including phenoxy) is 1. The van der Waals surface area contributed by atoms with Crippen LogP contribution in [0.15, 0.2) is 47.1 Å². The van der Waals surface area contributed by atoms with E-state index in [4.69, 9.17) is 9.15 Å². The van der Waals surface area contributed by atoms with Crippen molar-refractivity contribution in [2.24, 2.45) is 0 Å². The van der Waals surface area contributed by atoms with Crippen molar-refractivity contribution in [1.82, 2.24) is 15.1 Å². The van der Waals surface area contributed by atoms with Gasteiger partial charge in [-0.1, -0.05) is 18.6 Å². The third-order valence-electron chi connectivity index (χ3n) is 5.05. The maximum atomic E-state index is 12.6. The Bertz CT molecular complexity index is 711.